The first-order chi connectivity index (χ1) is 12.3. The molecule has 0 saturated heterocycles. The van der Waals surface area contributed by atoms with Crippen LogP contribution in [0.3, 0.4) is 0 Å². The van der Waals surface area contributed by atoms with Crippen molar-refractivity contribution in [3.8, 4) is 11.8 Å². The second-order valence-corrected chi connectivity index (χ2v) is 6.24. The molecule has 1 aromatic carbocycles. The summed E-state index contributed by atoms with van der Waals surface area (Å²) in [5, 5.41) is 23.0. The monoisotopic (exact) mass is 367 g/mol. The number of halogens is 3. The first-order valence-corrected chi connectivity index (χ1v) is 8.10. The van der Waals surface area contributed by atoms with Crippen molar-refractivity contribution in [2.45, 2.75) is 37.6 Å². The van der Waals surface area contributed by atoms with Crippen molar-refractivity contribution in [3.05, 3.63) is 29.8 Å². The summed E-state index contributed by atoms with van der Waals surface area (Å²) in [5.74, 6) is -2.11. The molecule has 1 aromatic rings. The van der Waals surface area contributed by atoms with Crippen LogP contribution in [0.15, 0.2) is 29.4 Å². The van der Waals surface area contributed by atoms with Gasteiger partial charge in [-0.25, -0.2) is 0 Å². The van der Waals surface area contributed by atoms with Crippen molar-refractivity contribution in [2.24, 2.45) is 11.0 Å². The minimum Gasteiger partial charge on any atom is -0.484 e. The number of nitrogens with zero attached hydrogens (tertiary/aromatic N) is 3. The van der Waals surface area contributed by atoms with Crippen LogP contribution in [0.2, 0.25) is 0 Å². The van der Waals surface area contributed by atoms with E-state index in [1.54, 1.807) is 0 Å². The Bertz CT molecular complexity index is 770. The first-order valence-electron chi connectivity index (χ1n) is 8.10. The maximum Gasteiger partial charge on any atom is 0.439 e. The molecule has 1 aliphatic carbocycles. The highest BCUT2D eigenvalue weighted by Crippen LogP contribution is 2.48. The molecule has 1 aliphatic heterocycles. The third-order valence-corrected chi connectivity index (χ3v) is 4.61. The van der Waals surface area contributed by atoms with E-state index in [9.17, 15) is 23.1 Å². The predicted molar refractivity (Wildman–Crippen MR) is 83.9 cm³/mol. The number of nitriles is 1. The zero-order valence-corrected chi connectivity index (χ0v) is 13.7. The quantitative estimate of drug-likeness (QED) is 0.890. The summed E-state index contributed by atoms with van der Waals surface area (Å²) in [6.07, 6.45) is -3.39. The van der Waals surface area contributed by atoms with E-state index in [1.807, 2.05) is 6.07 Å². The Morgan fingerprint density at radius 2 is 2.08 bits per heavy atom. The highest BCUT2D eigenvalue weighted by Gasteiger charge is 2.68. The molecule has 1 fully saturated rings. The number of ether oxygens (including phenoxy) is 1. The van der Waals surface area contributed by atoms with Crippen molar-refractivity contribution in [3.63, 3.8) is 0 Å². The maximum atomic E-state index is 13.6. The third-order valence-electron chi connectivity index (χ3n) is 4.61. The lowest BCUT2D eigenvalue weighted by molar-refractivity contribution is -0.317. The SMILES string of the molecule is N#Cc1ccc(OCC(=O)N2N=C3CCCC[C@H]3[C@]2(O)C(F)(F)F)cc1. The van der Waals surface area contributed by atoms with E-state index < -0.39 is 30.3 Å². The molecule has 26 heavy (non-hydrogen) atoms. The van der Waals surface area contributed by atoms with Gasteiger partial charge in [0.25, 0.3) is 11.6 Å². The van der Waals surface area contributed by atoms with Crippen molar-refractivity contribution in [1.29, 1.82) is 5.26 Å². The molecule has 0 unspecified atom stereocenters. The summed E-state index contributed by atoms with van der Waals surface area (Å²) in [4.78, 5) is 12.3. The van der Waals surface area contributed by atoms with Gasteiger partial charge in [-0.3, -0.25) is 4.79 Å². The van der Waals surface area contributed by atoms with Crippen LogP contribution in [-0.4, -0.2) is 40.2 Å². The van der Waals surface area contributed by atoms with Gasteiger partial charge in [0.1, 0.15) is 5.75 Å². The molecule has 2 atom stereocenters. The fraction of sp³-hybridized carbons (Fsp3) is 0.471. The largest absolute Gasteiger partial charge is 0.484 e. The molecular weight excluding hydrogens is 351 g/mol. The van der Waals surface area contributed by atoms with Crippen molar-refractivity contribution >= 4 is 11.6 Å². The number of hydrazone groups is 1. The summed E-state index contributed by atoms with van der Waals surface area (Å²) < 4.78 is 45.9. The standard InChI is InChI=1S/C17H16F3N3O3/c18-17(19,20)16(25)13-3-1-2-4-14(13)22-23(16)15(24)10-26-12-7-5-11(9-21)6-8-12/h5-8,13,25H,1-4,10H2/t13-,16+/m1/s1. The van der Waals surface area contributed by atoms with E-state index in [2.05, 4.69) is 5.10 Å². The Balaban J connectivity index is 1.77. The Labute approximate surface area is 147 Å². The van der Waals surface area contributed by atoms with Crippen LogP contribution < -0.4 is 4.74 Å². The summed E-state index contributed by atoms with van der Waals surface area (Å²) >= 11 is 0. The van der Waals surface area contributed by atoms with Crippen LogP contribution >= 0.6 is 0 Å². The van der Waals surface area contributed by atoms with E-state index in [1.165, 1.54) is 24.3 Å². The number of carbonyl (C=O) groups excluding carboxylic acids is 1. The van der Waals surface area contributed by atoms with Gasteiger partial charge < -0.3 is 9.84 Å². The molecular formula is C17H16F3N3O3. The molecule has 0 radical (unpaired) electrons. The number of aliphatic hydroxyl groups is 1. The van der Waals surface area contributed by atoms with E-state index in [-0.39, 0.29) is 22.9 Å². The molecule has 138 valence electrons. The van der Waals surface area contributed by atoms with E-state index >= 15 is 0 Å². The smallest absolute Gasteiger partial charge is 0.439 e. The van der Waals surface area contributed by atoms with E-state index in [0.29, 0.717) is 24.8 Å². The number of rotatable bonds is 3. The number of hydrogen-bond acceptors (Lipinski definition) is 5. The molecule has 1 saturated carbocycles. The number of alkyl halides is 3. The second-order valence-electron chi connectivity index (χ2n) is 6.24. The Morgan fingerprint density at radius 1 is 1.38 bits per heavy atom. The van der Waals surface area contributed by atoms with Crippen molar-refractivity contribution < 1.29 is 27.8 Å². The molecule has 3 rings (SSSR count). The molecule has 0 aromatic heterocycles. The van der Waals surface area contributed by atoms with Gasteiger partial charge in [-0.05, 0) is 43.5 Å². The van der Waals surface area contributed by atoms with Crippen molar-refractivity contribution in [2.75, 3.05) is 6.61 Å². The zero-order valence-electron chi connectivity index (χ0n) is 13.7. The molecule has 1 N–H and O–H groups in total. The molecule has 0 spiro atoms. The number of fused-ring (bicyclic) bond motifs is 1. The number of hydrogen-bond donors (Lipinski definition) is 1. The molecule has 1 heterocycles. The second kappa shape index (κ2) is 6.61. The highest BCUT2D eigenvalue weighted by molar-refractivity contribution is 5.93. The molecule has 6 nitrogen and oxygen atoms in total. The van der Waals surface area contributed by atoms with Crippen LogP contribution in [0.25, 0.3) is 0 Å². The third kappa shape index (κ3) is 3.01. The lowest BCUT2D eigenvalue weighted by atomic mass is 9.80. The Morgan fingerprint density at radius 3 is 2.69 bits per heavy atom. The van der Waals surface area contributed by atoms with Gasteiger partial charge in [0.2, 0.25) is 0 Å². The summed E-state index contributed by atoms with van der Waals surface area (Å²) in [7, 11) is 0. The predicted octanol–water partition coefficient (Wildman–Crippen LogP) is 2.58. The van der Waals surface area contributed by atoms with E-state index in [4.69, 9.17) is 10.00 Å². The summed E-state index contributed by atoms with van der Waals surface area (Å²) in [6, 6.07) is 7.68. The lowest BCUT2D eigenvalue weighted by Gasteiger charge is -2.38. The van der Waals surface area contributed by atoms with Gasteiger partial charge in [-0.15, -0.1) is 0 Å². The van der Waals surface area contributed by atoms with Gasteiger partial charge in [0.05, 0.1) is 17.6 Å². The van der Waals surface area contributed by atoms with Gasteiger partial charge in [0.15, 0.2) is 6.61 Å². The summed E-state index contributed by atoms with van der Waals surface area (Å²) in [6.45, 7) is -0.714. The fourth-order valence-electron chi connectivity index (χ4n) is 3.30. The van der Waals surface area contributed by atoms with Gasteiger partial charge in [-0.1, -0.05) is 6.42 Å². The van der Waals surface area contributed by atoms with Crippen LogP contribution in [0.1, 0.15) is 31.2 Å². The topological polar surface area (TPSA) is 85.9 Å². The summed E-state index contributed by atoms with van der Waals surface area (Å²) in [5.41, 5.74) is -2.76. The Kier molecular flexibility index (Phi) is 4.63. The Hall–Kier alpha value is -2.60. The first kappa shape index (κ1) is 18.2. The molecule has 1 amide bonds. The normalized spacial score (nSPS) is 25.3. The number of amides is 1. The van der Waals surface area contributed by atoms with Crippen LogP contribution in [0.5, 0.6) is 5.75 Å². The highest BCUT2D eigenvalue weighted by atomic mass is 19.4. The van der Waals surface area contributed by atoms with Gasteiger partial charge in [0, 0.05) is 5.71 Å². The van der Waals surface area contributed by atoms with Crippen LogP contribution in [0.4, 0.5) is 13.2 Å². The van der Waals surface area contributed by atoms with Gasteiger partial charge >= 0.3 is 6.18 Å². The maximum absolute atomic E-state index is 13.6. The average molecular weight is 367 g/mol. The van der Waals surface area contributed by atoms with Crippen molar-refractivity contribution in [1.82, 2.24) is 5.01 Å². The lowest BCUT2D eigenvalue weighted by Crippen LogP contribution is -2.62. The van der Waals surface area contributed by atoms with Crippen LogP contribution in [-0.2, 0) is 4.79 Å². The minimum atomic E-state index is -5.04. The zero-order chi connectivity index (χ0) is 18.9. The fourth-order valence-corrected chi connectivity index (χ4v) is 3.30. The molecule has 2 aliphatic rings. The number of carbonyl (C=O) groups is 1. The van der Waals surface area contributed by atoms with Gasteiger partial charge in [-0.2, -0.15) is 28.5 Å². The average Bonchev–Trinajstić information content (AvgIpc) is 2.94. The van der Waals surface area contributed by atoms with Crippen LogP contribution in [0, 0.1) is 17.2 Å². The molecule has 9 heteroatoms. The molecule has 0 bridgehead atoms. The minimum absolute atomic E-state index is 0.120. The van der Waals surface area contributed by atoms with E-state index in [0.717, 1.165) is 0 Å². The number of benzene rings is 1.